The molecule has 34 heavy (non-hydrogen) atoms. The number of aromatic nitrogens is 2. The zero-order valence-electron chi connectivity index (χ0n) is 20.3. The number of methoxy groups -OCH3 is 2. The van der Waals surface area contributed by atoms with E-state index >= 15 is 0 Å². The predicted molar refractivity (Wildman–Crippen MR) is 131 cm³/mol. The molecule has 1 aliphatic heterocycles. The lowest BCUT2D eigenvalue weighted by molar-refractivity contribution is 0.241. The second-order valence-corrected chi connectivity index (χ2v) is 8.00. The molecule has 2 aromatic carbocycles. The van der Waals surface area contributed by atoms with Gasteiger partial charge < -0.3 is 24.3 Å². The van der Waals surface area contributed by atoms with Crippen LogP contribution >= 0.6 is 0 Å². The SMILES string of the molecule is CCOc1ccc(CN2CCc3nc(Nc4cc(OC)cc(OC)c4)ncc3C2)cc1OCC. The van der Waals surface area contributed by atoms with Crippen molar-refractivity contribution in [1.29, 1.82) is 0 Å². The quantitative estimate of drug-likeness (QED) is 0.467. The van der Waals surface area contributed by atoms with Gasteiger partial charge in [0.25, 0.3) is 0 Å². The number of anilines is 2. The van der Waals surface area contributed by atoms with Gasteiger partial charge in [0.15, 0.2) is 11.5 Å². The van der Waals surface area contributed by atoms with Gasteiger partial charge in [-0.3, -0.25) is 4.90 Å². The van der Waals surface area contributed by atoms with Crippen LogP contribution in [-0.4, -0.2) is 48.8 Å². The summed E-state index contributed by atoms with van der Waals surface area (Å²) in [7, 11) is 3.26. The molecule has 0 unspecified atom stereocenters. The second-order valence-electron chi connectivity index (χ2n) is 8.00. The first kappa shape index (κ1) is 23.6. The number of ether oxygens (including phenoxy) is 4. The Hall–Kier alpha value is -3.52. The molecule has 2 heterocycles. The fourth-order valence-corrected chi connectivity index (χ4v) is 4.03. The molecule has 1 aromatic heterocycles. The smallest absolute Gasteiger partial charge is 0.227 e. The number of fused-ring (bicyclic) bond motifs is 1. The summed E-state index contributed by atoms with van der Waals surface area (Å²) >= 11 is 0. The number of hydrogen-bond acceptors (Lipinski definition) is 8. The third kappa shape index (κ3) is 5.69. The molecule has 0 saturated heterocycles. The molecule has 0 fully saturated rings. The lowest BCUT2D eigenvalue weighted by Gasteiger charge is -2.28. The minimum absolute atomic E-state index is 0.565. The van der Waals surface area contributed by atoms with Crippen molar-refractivity contribution in [2.75, 3.05) is 39.3 Å². The molecule has 1 aliphatic rings. The van der Waals surface area contributed by atoms with Gasteiger partial charge in [-0.15, -0.1) is 0 Å². The molecule has 8 nitrogen and oxygen atoms in total. The van der Waals surface area contributed by atoms with Gasteiger partial charge in [-0.2, -0.15) is 0 Å². The van der Waals surface area contributed by atoms with Crippen LogP contribution in [-0.2, 0) is 19.5 Å². The second kappa shape index (κ2) is 11.1. The van der Waals surface area contributed by atoms with E-state index in [0.717, 1.165) is 54.5 Å². The van der Waals surface area contributed by atoms with E-state index in [1.807, 2.05) is 44.3 Å². The summed E-state index contributed by atoms with van der Waals surface area (Å²) < 4.78 is 22.2. The highest BCUT2D eigenvalue weighted by Gasteiger charge is 2.19. The summed E-state index contributed by atoms with van der Waals surface area (Å²) in [5, 5.41) is 3.27. The summed E-state index contributed by atoms with van der Waals surface area (Å²) in [5.74, 6) is 3.57. The van der Waals surface area contributed by atoms with E-state index in [0.29, 0.717) is 30.7 Å². The predicted octanol–water partition coefficient (Wildman–Crippen LogP) is 4.59. The minimum atomic E-state index is 0.565. The van der Waals surface area contributed by atoms with Crippen LogP contribution in [0.1, 0.15) is 30.7 Å². The van der Waals surface area contributed by atoms with Crippen molar-refractivity contribution in [3.63, 3.8) is 0 Å². The van der Waals surface area contributed by atoms with Gasteiger partial charge in [0.1, 0.15) is 11.5 Å². The molecule has 4 rings (SSSR count). The van der Waals surface area contributed by atoms with Crippen LogP contribution in [0.5, 0.6) is 23.0 Å². The van der Waals surface area contributed by atoms with Crippen LogP contribution in [0.25, 0.3) is 0 Å². The number of hydrogen-bond donors (Lipinski definition) is 1. The summed E-state index contributed by atoms with van der Waals surface area (Å²) in [4.78, 5) is 11.7. The zero-order chi connectivity index (χ0) is 23.9. The van der Waals surface area contributed by atoms with E-state index in [4.69, 9.17) is 23.9 Å². The van der Waals surface area contributed by atoms with Crippen LogP contribution in [0.2, 0.25) is 0 Å². The third-order valence-corrected chi connectivity index (χ3v) is 5.63. The Bertz CT molecular complexity index is 1100. The molecule has 0 radical (unpaired) electrons. The Labute approximate surface area is 200 Å². The van der Waals surface area contributed by atoms with Gasteiger partial charge in [0.05, 0.1) is 33.1 Å². The first-order chi connectivity index (χ1) is 16.6. The molecule has 0 saturated carbocycles. The normalized spacial score (nSPS) is 13.2. The molecule has 0 bridgehead atoms. The average molecular weight is 465 g/mol. The Morgan fingerprint density at radius 2 is 1.68 bits per heavy atom. The maximum absolute atomic E-state index is 5.78. The van der Waals surface area contributed by atoms with Gasteiger partial charge in [-0.05, 0) is 31.5 Å². The molecule has 0 atom stereocenters. The highest BCUT2D eigenvalue weighted by molar-refractivity contribution is 5.59. The van der Waals surface area contributed by atoms with Crippen LogP contribution in [0.15, 0.2) is 42.6 Å². The van der Waals surface area contributed by atoms with Crippen LogP contribution < -0.4 is 24.3 Å². The fourth-order valence-electron chi connectivity index (χ4n) is 4.03. The van der Waals surface area contributed by atoms with Gasteiger partial charge in [-0.25, -0.2) is 9.97 Å². The van der Waals surface area contributed by atoms with Gasteiger partial charge in [0.2, 0.25) is 5.95 Å². The molecule has 0 amide bonds. The Morgan fingerprint density at radius 1 is 0.941 bits per heavy atom. The monoisotopic (exact) mass is 464 g/mol. The highest BCUT2D eigenvalue weighted by Crippen LogP contribution is 2.30. The minimum Gasteiger partial charge on any atom is -0.497 e. The zero-order valence-corrected chi connectivity index (χ0v) is 20.3. The molecule has 0 spiro atoms. The topological polar surface area (TPSA) is 78.0 Å². The Morgan fingerprint density at radius 3 is 2.38 bits per heavy atom. The Balaban J connectivity index is 1.43. The van der Waals surface area contributed by atoms with Crippen molar-refractivity contribution in [2.24, 2.45) is 0 Å². The van der Waals surface area contributed by atoms with E-state index in [2.05, 4.69) is 27.3 Å². The molecule has 3 aromatic rings. The number of benzene rings is 2. The largest absolute Gasteiger partial charge is 0.497 e. The molecule has 0 aliphatic carbocycles. The van der Waals surface area contributed by atoms with E-state index in [1.165, 1.54) is 5.56 Å². The van der Waals surface area contributed by atoms with E-state index < -0.39 is 0 Å². The first-order valence-electron chi connectivity index (χ1n) is 11.6. The van der Waals surface area contributed by atoms with Crippen LogP contribution in [0.3, 0.4) is 0 Å². The maximum atomic E-state index is 5.78. The van der Waals surface area contributed by atoms with Crippen molar-refractivity contribution in [3.8, 4) is 23.0 Å². The maximum Gasteiger partial charge on any atom is 0.227 e. The lowest BCUT2D eigenvalue weighted by Crippen LogP contribution is -2.31. The van der Waals surface area contributed by atoms with Crippen LogP contribution in [0, 0.1) is 0 Å². The van der Waals surface area contributed by atoms with E-state index in [9.17, 15) is 0 Å². The summed E-state index contributed by atoms with van der Waals surface area (Å²) in [6.07, 6.45) is 2.78. The van der Waals surface area contributed by atoms with E-state index in [1.54, 1.807) is 14.2 Å². The lowest BCUT2D eigenvalue weighted by atomic mass is 10.1. The van der Waals surface area contributed by atoms with Gasteiger partial charge in [0, 0.05) is 61.7 Å². The average Bonchev–Trinajstić information content (AvgIpc) is 2.85. The molecule has 8 heteroatoms. The molecule has 180 valence electrons. The fraction of sp³-hybridized carbons (Fsp3) is 0.385. The Kier molecular flexibility index (Phi) is 7.69. The summed E-state index contributed by atoms with van der Waals surface area (Å²) in [6, 6.07) is 11.8. The standard InChI is InChI=1S/C26H32N4O4/c1-5-33-24-8-7-18(11-25(24)34-6-2)16-30-10-9-23-19(17-30)15-27-26(29-23)28-20-12-21(31-3)14-22(13-20)32-4/h7-8,11-15H,5-6,9-10,16-17H2,1-4H3,(H,27,28,29). The third-order valence-electron chi connectivity index (χ3n) is 5.63. The summed E-state index contributed by atoms with van der Waals surface area (Å²) in [6.45, 7) is 7.74. The summed E-state index contributed by atoms with van der Waals surface area (Å²) in [5.41, 5.74) is 4.23. The van der Waals surface area contributed by atoms with E-state index in [-0.39, 0.29) is 0 Å². The molecular weight excluding hydrogens is 432 g/mol. The number of nitrogens with zero attached hydrogens (tertiary/aromatic N) is 3. The van der Waals surface area contributed by atoms with Crippen molar-refractivity contribution in [1.82, 2.24) is 14.9 Å². The first-order valence-corrected chi connectivity index (χ1v) is 11.6. The van der Waals surface area contributed by atoms with Gasteiger partial charge >= 0.3 is 0 Å². The van der Waals surface area contributed by atoms with Crippen LogP contribution in [0.4, 0.5) is 11.6 Å². The van der Waals surface area contributed by atoms with Gasteiger partial charge in [-0.1, -0.05) is 6.07 Å². The number of nitrogens with one attached hydrogen (secondary N) is 1. The molecular formula is C26H32N4O4. The number of rotatable bonds is 10. The van der Waals surface area contributed by atoms with Crippen molar-refractivity contribution >= 4 is 11.6 Å². The van der Waals surface area contributed by atoms with Crippen molar-refractivity contribution in [3.05, 3.63) is 59.4 Å². The highest BCUT2D eigenvalue weighted by atomic mass is 16.5. The van der Waals surface area contributed by atoms with Crippen molar-refractivity contribution < 1.29 is 18.9 Å². The molecule has 1 N–H and O–H groups in total. The van der Waals surface area contributed by atoms with Crippen molar-refractivity contribution in [2.45, 2.75) is 33.4 Å².